The van der Waals surface area contributed by atoms with Gasteiger partial charge in [0.2, 0.25) is 0 Å². The SMILES string of the molecule is CCOC(=O)N1c2ccc(C(F)(F)F)cc2[C@@H](Cl)C[C@H]1CC. The molecule has 1 aliphatic heterocycles. The van der Waals surface area contributed by atoms with Crippen molar-refractivity contribution in [3.8, 4) is 0 Å². The van der Waals surface area contributed by atoms with Gasteiger partial charge >= 0.3 is 12.3 Å². The van der Waals surface area contributed by atoms with Gasteiger partial charge in [-0.3, -0.25) is 4.90 Å². The van der Waals surface area contributed by atoms with Crippen LogP contribution in [0.25, 0.3) is 0 Å². The number of ether oxygens (including phenoxy) is 1. The van der Waals surface area contributed by atoms with Crippen molar-refractivity contribution in [2.75, 3.05) is 11.5 Å². The van der Waals surface area contributed by atoms with Gasteiger partial charge in [0.25, 0.3) is 0 Å². The Kier molecular flexibility index (Phi) is 4.90. The van der Waals surface area contributed by atoms with Gasteiger partial charge in [-0.05, 0) is 43.5 Å². The van der Waals surface area contributed by atoms with Crippen molar-refractivity contribution in [3.63, 3.8) is 0 Å². The van der Waals surface area contributed by atoms with E-state index in [2.05, 4.69) is 0 Å². The highest BCUT2D eigenvalue weighted by Crippen LogP contribution is 2.44. The zero-order chi connectivity index (χ0) is 16.5. The van der Waals surface area contributed by atoms with Gasteiger partial charge in [0.1, 0.15) is 0 Å². The number of benzene rings is 1. The molecule has 0 saturated heterocycles. The lowest BCUT2D eigenvalue weighted by Crippen LogP contribution is -2.44. The van der Waals surface area contributed by atoms with Gasteiger partial charge in [-0.1, -0.05) is 6.92 Å². The maximum Gasteiger partial charge on any atom is 0.416 e. The molecule has 1 aromatic carbocycles. The summed E-state index contributed by atoms with van der Waals surface area (Å²) >= 11 is 6.24. The van der Waals surface area contributed by atoms with E-state index in [0.717, 1.165) is 12.1 Å². The van der Waals surface area contributed by atoms with Crippen LogP contribution in [0.1, 0.15) is 43.2 Å². The Labute approximate surface area is 132 Å². The Morgan fingerprint density at radius 2 is 2.09 bits per heavy atom. The van der Waals surface area contributed by atoms with E-state index >= 15 is 0 Å². The number of hydrogen-bond acceptors (Lipinski definition) is 2. The summed E-state index contributed by atoms with van der Waals surface area (Å²) in [6, 6.07) is 3.09. The summed E-state index contributed by atoms with van der Waals surface area (Å²) in [7, 11) is 0. The van der Waals surface area contributed by atoms with Gasteiger partial charge in [-0.25, -0.2) is 4.79 Å². The predicted octanol–water partition coefficient (Wildman–Crippen LogP) is 5.13. The summed E-state index contributed by atoms with van der Waals surface area (Å²) in [6.45, 7) is 3.78. The Morgan fingerprint density at radius 1 is 1.41 bits per heavy atom. The molecule has 0 fully saturated rings. The Hall–Kier alpha value is -1.43. The molecule has 1 heterocycles. The fourth-order valence-electron chi connectivity index (χ4n) is 2.66. The average Bonchev–Trinajstić information content (AvgIpc) is 2.45. The van der Waals surface area contributed by atoms with Crippen LogP contribution in [-0.2, 0) is 10.9 Å². The second-order valence-corrected chi connectivity index (χ2v) is 5.63. The molecule has 0 unspecified atom stereocenters. The van der Waals surface area contributed by atoms with E-state index in [9.17, 15) is 18.0 Å². The summed E-state index contributed by atoms with van der Waals surface area (Å²) in [6.07, 6.45) is -3.96. The highest BCUT2D eigenvalue weighted by Gasteiger charge is 2.38. The molecule has 1 aliphatic rings. The van der Waals surface area contributed by atoms with Gasteiger partial charge in [-0.15, -0.1) is 11.6 Å². The van der Waals surface area contributed by atoms with Crippen molar-refractivity contribution < 1.29 is 22.7 Å². The first-order chi connectivity index (χ1) is 10.3. The van der Waals surface area contributed by atoms with Crippen LogP contribution in [0.2, 0.25) is 0 Å². The zero-order valence-electron chi connectivity index (χ0n) is 12.3. The highest BCUT2D eigenvalue weighted by molar-refractivity contribution is 6.21. The Bertz CT molecular complexity index is 562. The number of fused-ring (bicyclic) bond motifs is 1. The van der Waals surface area contributed by atoms with Crippen molar-refractivity contribution in [1.29, 1.82) is 0 Å². The first kappa shape index (κ1) is 16.9. The number of amides is 1. The van der Waals surface area contributed by atoms with Gasteiger partial charge in [0.15, 0.2) is 0 Å². The maximum atomic E-state index is 12.9. The van der Waals surface area contributed by atoms with Crippen LogP contribution in [0.5, 0.6) is 0 Å². The van der Waals surface area contributed by atoms with Crippen molar-refractivity contribution in [1.82, 2.24) is 0 Å². The van der Waals surface area contributed by atoms with E-state index < -0.39 is 23.2 Å². The molecule has 0 radical (unpaired) electrons. The number of nitrogens with zero attached hydrogens (tertiary/aromatic N) is 1. The van der Waals surface area contributed by atoms with Crippen molar-refractivity contribution in [3.05, 3.63) is 29.3 Å². The summed E-state index contributed by atoms with van der Waals surface area (Å²) < 4.78 is 43.6. The first-order valence-corrected chi connectivity index (χ1v) is 7.54. The number of hydrogen-bond donors (Lipinski definition) is 0. The standard InChI is InChI=1S/C15H17ClF3NO2/c1-3-10-8-12(16)11-7-9(15(17,18)19)5-6-13(11)20(10)14(21)22-4-2/h5-7,10,12H,3-4,8H2,1-2H3/t10-,12+/m1/s1. The second-order valence-electron chi connectivity index (χ2n) is 5.11. The minimum absolute atomic E-state index is 0.189. The van der Waals surface area contributed by atoms with Gasteiger partial charge in [0.05, 0.1) is 23.2 Å². The molecule has 2 rings (SSSR count). The molecule has 22 heavy (non-hydrogen) atoms. The Morgan fingerprint density at radius 3 is 2.64 bits per heavy atom. The van der Waals surface area contributed by atoms with Crippen LogP contribution in [0, 0.1) is 0 Å². The molecule has 0 saturated carbocycles. The third-order valence-electron chi connectivity index (χ3n) is 3.73. The lowest BCUT2D eigenvalue weighted by Gasteiger charge is -2.38. The van der Waals surface area contributed by atoms with E-state index in [0.29, 0.717) is 24.1 Å². The third kappa shape index (κ3) is 3.16. The van der Waals surface area contributed by atoms with Crippen LogP contribution in [0.15, 0.2) is 18.2 Å². The molecule has 1 aromatic rings. The lowest BCUT2D eigenvalue weighted by atomic mass is 9.92. The van der Waals surface area contributed by atoms with Crippen LogP contribution < -0.4 is 4.90 Å². The molecule has 0 aliphatic carbocycles. The molecule has 2 atom stereocenters. The van der Waals surface area contributed by atoms with E-state index in [-0.39, 0.29) is 12.6 Å². The van der Waals surface area contributed by atoms with E-state index in [4.69, 9.17) is 16.3 Å². The minimum Gasteiger partial charge on any atom is -0.449 e. The quantitative estimate of drug-likeness (QED) is 0.701. The topological polar surface area (TPSA) is 29.5 Å². The zero-order valence-corrected chi connectivity index (χ0v) is 13.0. The molecule has 3 nitrogen and oxygen atoms in total. The highest BCUT2D eigenvalue weighted by atomic mass is 35.5. The molecule has 0 spiro atoms. The van der Waals surface area contributed by atoms with Crippen LogP contribution in [0.4, 0.5) is 23.7 Å². The largest absolute Gasteiger partial charge is 0.449 e. The minimum atomic E-state index is -4.44. The molecule has 7 heteroatoms. The van der Waals surface area contributed by atoms with Crippen molar-refractivity contribution in [2.45, 2.75) is 44.3 Å². The number of anilines is 1. The van der Waals surface area contributed by atoms with Crippen LogP contribution in [0.3, 0.4) is 0 Å². The van der Waals surface area contributed by atoms with E-state index in [1.807, 2.05) is 6.92 Å². The summed E-state index contributed by atoms with van der Waals surface area (Å²) in [4.78, 5) is 13.6. The predicted molar refractivity (Wildman–Crippen MR) is 78.2 cm³/mol. The molecule has 0 bridgehead atoms. The summed E-state index contributed by atoms with van der Waals surface area (Å²) in [5, 5.41) is -0.562. The molecule has 1 amide bonds. The van der Waals surface area contributed by atoms with Crippen LogP contribution in [-0.4, -0.2) is 18.7 Å². The normalized spacial score (nSPS) is 21.5. The average molecular weight is 336 g/mol. The smallest absolute Gasteiger partial charge is 0.416 e. The third-order valence-corrected chi connectivity index (χ3v) is 4.15. The molecular weight excluding hydrogens is 319 g/mol. The fraction of sp³-hybridized carbons (Fsp3) is 0.533. The monoisotopic (exact) mass is 335 g/mol. The van der Waals surface area contributed by atoms with E-state index in [1.54, 1.807) is 6.92 Å². The van der Waals surface area contributed by atoms with Crippen molar-refractivity contribution >= 4 is 23.4 Å². The number of halogens is 4. The van der Waals surface area contributed by atoms with Gasteiger partial charge in [-0.2, -0.15) is 13.2 Å². The molecule has 122 valence electrons. The van der Waals surface area contributed by atoms with Gasteiger partial charge < -0.3 is 4.74 Å². The van der Waals surface area contributed by atoms with E-state index in [1.165, 1.54) is 11.0 Å². The molecule has 0 aromatic heterocycles. The summed E-state index contributed by atoms with van der Waals surface area (Å²) in [5.41, 5.74) is -0.0607. The number of carbonyl (C=O) groups excluding carboxylic acids is 1. The number of carbonyl (C=O) groups is 1. The second kappa shape index (κ2) is 6.36. The lowest BCUT2D eigenvalue weighted by molar-refractivity contribution is -0.137. The first-order valence-electron chi connectivity index (χ1n) is 7.10. The number of rotatable bonds is 2. The summed E-state index contributed by atoms with van der Waals surface area (Å²) in [5.74, 6) is 0. The van der Waals surface area contributed by atoms with Gasteiger partial charge in [0, 0.05) is 6.04 Å². The molecule has 0 N–H and O–H groups in total. The van der Waals surface area contributed by atoms with Crippen LogP contribution >= 0.6 is 11.6 Å². The Balaban J connectivity index is 2.49. The fourth-order valence-corrected chi connectivity index (χ4v) is 3.04. The molecular formula is C15H17ClF3NO2. The van der Waals surface area contributed by atoms with Crippen molar-refractivity contribution in [2.24, 2.45) is 0 Å². The maximum absolute atomic E-state index is 12.9. The number of alkyl halides is 4.